The molecule has 0 aliphatic rings. The monoisotopic (exact) mass is 292 g/mol. The molecule has 108 valence electrons. The highest BCUT2D eigenvalue weighted by atomic mass is 14.1. The molecule has 0 heteroatoms. The molecule has 0 aliphatic heterocycles. The van der Waals surface area contributed by atoms with E-state index in [1.54, 1.807) is 0 Å². The van der Waals surface area contributed by atoms with Crippen molar-refractivity contribution < 1.29 is 0 Å². The Kier molecular flexibility index (Phi) is 2.51. The van der Waals surface area contributed by atoms with Gasteiger partial charge in [0.1, 0.15) is 0 Å². The maximum absolute atomic E-state index is 2.37. The fraction of sp³-hybridized carbons (Fsp3) is 0.0435. The van der Waals surface area contributed by atoms with Crippen LogP contribution >= 0.6 is 0 Å². The van der Waals surface area contributed by atoms with Crippen LogP contribution < -0.4 is 0 Å². The van der Waals surface area contributed by atoms with Gasteiger partial charge in [-0.3, -0.25) is 0 Å². The van der Waals surface area contributed by atoms with Crippen LogP contribution in [0.15, 0.2) is 78.9 Å². The van der Waals surface area contributed by atoms with Gasteiger partial charge in [0.25, 0.3) is 0 Å². The average molecular weight is 292 g/mol. The molecule has 0 saturated heterocycles. The molecule has 0 heterocycles. The third-order valence-corrected chi connectivity index (χ3v) is 4.86. The van der Waals surface area contributed by atoms with Crippen LogP contribution in [0.1, 0.15) is 5.56 Å². The van der Waals surface area contributed by atoms with Crippen molar-refractivity contribution in [2.75, 3.05) is 0 Å². The summed E-state index contributed by atoms with van der Waals surface area (Å²) in [6.07, 6.45) is 0. The summed E-state index contributed by atoms with van der Waals surface area (Å²) in [6, 6.07) is 28.9. The zero-order valence-corrected chi connectivity index (χ0v) is 13.0. The second-order valence-corrected chi connectivity index (χ2v) is 6.37. The van der Waals surface area contributed by atoms with Crippen LogP contribution in [0.2, 0.25) is 0 Å². The molecule has 0 aliphatic carbocycles. The highest BCUT2D eigenvalue weighted by Crippen LogP contribution is 2.33. The third-order valence-electron chi connectivity index (χ3n) is 4.86. The van der Waals surface area contributed by atoms with E-state index in [2.05, 4.69) is 85.8 Å². The number of hydrogen-bond acceptors (Lipinski definition) is 0. The summed E-state index contributed by atoms with van der Waals surface area (Å²) in [5.74, 6) is 0. The molecule has 0 atom stereocenters. The number of fused-ring (bicyclic) bond motifs is 6. The van der Waals surface area contributed by atoms with Gasteiger partial charge in [0.2, 0.25) is 0 Å². The van der Waals surface area contributed by atoms with E-state index in [0.717, 1.165) is 0 Å². The molecule has 0 unspecified atom stereocenters. The van der Waals surface area contributed by atoms with Gasteiger partial charge in [0.15, 0.2) is 0 Å². The van der Waals surface area contributed by atoms with Gasteiger partial charge in [-0.05, 0) is 62.1 Å². The minimum absolute atomic E-state index is 1.30. The smallest absolute Gasteiger partial charge is 0.00987 e. The Labute approximate surface area is 135 Å². The molecular formula is C23H16. The summed E-state index contributed by atoms with van der Waals surface area (Å²) >= 11 is 0. The first-order chi connectivity index (χ1) is 11.3. The first kappa shape index (κ1) is 12.7. The van der Waals surface area contributed by atoms with Gasteiger partial charge >= 0.3 is 0 Å². The van der Waals surface area contributed by atoms with Gasteiger partial charge in [-0.1, -0.05) is 72.3 Å². The molecule has 5 aromatic rings. The second kappa shape index (κ2) is 4.57. The fourth-order valence-electron chi connectivity index (χ4n) is 3.67. The van der Waals surface area contributed by atoms with E-state index in [4.69, 9.17) is 0 Å². The van der Waals surface area contributed by atoms with E-state index in [9.17, 15) is 0 Å². The van der Waals surface area contributed by atoms with Crippen LogP contribution in [0.4, 0.5) is 0 Å². The maximum atomic E-state index is 2.37. The van der Waals surface area contributed by atoms with E-state index in [1.807, 2.05) is 0 Å². The lowest BCUT2D eigenvalue weighted by Gasteiger charge is -2.09. The molecule has 0 aromatic heterocycles. The van der Waals surface area contributed by atoms with Crippen molar-refractivity contribution in [3.05, 3.63) is 84.4 Å². The summed E-state index contributed by atoms with van der Waals surface area (Å²) in [6.45, 7) is 2.16. The van der Waals surface area contributed by atoms with Gasteiger partial charge < -0.3 is 0 Å². The van der Waals surface area contributed by atoms with Crippen LogP contribution in [0.5, 0.6) is 0 Å². The topological polar surface area (TPSA) is 0 Å². The van der Waals surface area contributed by atoms with Crippen LogP contribution in [-0.2, 0) is 0 Å². The van der Waals surface area contributed by atoms with Gasteiger partial charge in [-0.15, -0.1) is 0 Å². The van der Waals surface area contributed by atoms with E-state index in [0.29, 0.717) is 0 Å². The fourth-order valence-corrected chi connectivity index (χ4v) is 3.67. The van der Waals surface area contributed by atoms with Gasteiger partial charge in [-0.2, -0.15) is 0 Å². The normalized spacial score (nSPS) is 11.7. The summed E-state index contributed by atoms with van der Waals surface area (Å²) in [4.78, 5) is 0. The SMILES string of the molecule is Cc1ccc2ccc3cc4ccc5ccccc5c4cc3c2c1. The Morgan fingerprint density at radius 2 is 1.00 bits per heavy atom. The quantitative estimate of drug-likeness (QED) is 0.222. The Morgan fingerprint density at radius 1 is 0.435 bits per heavy atom. The maximum Gasteiger partial charge on any atom is -0.00987 e. The molecule has 23 heavy (non-hydrogen) atoms. The van der Waals surface area contributed by atoms with E-state index >= 15 is 0 Å². The van der Waals surface area contributed by atoms with Crippen molar-refractivity contribution in [3.8, 4) is 0 Å². The predicted octanol–water partition coefficient (Wildman–Crippen LogP) is 6.61. The third kappa shape index (κ3) is 1.85. The molecule has 0 N–H and O–H groups in total. The second-order valence-electron chi connectivity index (χ2n) is 6.37. The highest BCUT2D eigenvalue weighted by molar-refractivity contribution is 6.17. The van der Waals surface area contributed by atoms with Crippen LogP contribution in [-0.4, -0.2) is 0 Å². The number of aryl methyl sites for hydroxylation is 1. The van der Waals surface area contributed by atoms with Crippen molar-refractivity contribution in [2.24, 2.45) is 0 Å². The van der Waals surface area contributed by atoms with Crippen molar-refractivity contribution >= 4 is 43.1 Å². The van der Waals surface area contributed by atoms with Crippen LogP contribution in [0.3, 0.4) is 0 Å². The first-order valence-electron chi connectivity index (χ1n) is 8.04. The van der Waals surface area contributed by atoms with Gasteiger partial charge in [0, 0.05) is 0 Å². The minimum atomic E-state index is 1.30. The zero-order valence-electron chi connectivity index (χ0n) is 13.0. The summed E-state index contributed by atoms with van der Waals surface area (Å²) in [7, 11) is 0. The Hall–Kier alpha value is -2.86. The molecule has 0 saturated carbocycles. The van der Waals surface area contributed by atoms with Crippen molar-refractivity contribution in [3.63, 3.8) is 0 Å². The molecule has 0 amide bonds. The molecule has 0 fully saturated rings. The Balaban J connectivity index is 2.03. The molecule has 5 rings (SSSR count). The van der Waals surface area contributed by atoms with Crippen molar-refractivity contribution in [2.45, 2.75) is 6.92 Å². The largest absolute Gasteiger partial charge is 0.0616 e. The zero-order chi connectivity index (χ0) is 15.4. The highest BCUT2D eigenvalue weighted by Gasteiger charge is 2.06. The molecular weight excluding hydrogens is 276 g/mol. The predicted molar refractivity (Wildman–Crippen MR) is 101 cm³/mol. The van der Waals surface area contributed by atoms with Gasteiger partial charge in [-0.25, -0.2) is 0 Å². The van der Waals surface area contributed by atoms with E-state index in [-0.39, 0.29) is 0 Å². The lowest BCUT2D eigenvalue weighted by Crippen LogP contribution is -1.82. The molecule has 0 nitrogen and oxygen atoms in total. The molecule has 5 aromatic carbocycles. The molecule has 0 bridgehead atoms. The number of hydrogen-bond donors (Lipinski definition) is 0. The summed E-state index contributed by atoms with van der Waals surface area (Å²) < 4.78 is 0. The number of rotatable bonds is 0. The Bertz CT molecular complexity index is 1210. The van der Waals surface area contributed by atoms with Crippen molar-refractivity contribution in [1.29, 1.82) is 0 Å². The molecule has 0 radical (unpaired) electrons. The average Bonchev–Trinajstić information content (AvgIpc) is 2.60. The standard InChI is InChI=1S/C23H16/c1-15-6-7-17-9-11-19-13-18-10-8-16-4-2-3-5-20(16)22(18)14-23(19)21(17)12-15/h2-14H,1H3. The lowest BCUT2D eigenvalue weighted by atomic mass is 9.95. The Morgan fingerprint density at radius 3 is 1.83 bits per heavy atom. The summed E-state index contributed by atoms with van der Waals surface area (Å²) in [5.41, 5.74) is 1.31. The first-order valence-corrected chi connectivity index (χ1v) is 8.04. The lowest BCUT2D eigenvalue weighted by molar-refractivity contribution is 1.51. The summed E-state index contributed by atoms with van der Waals surface area (Å²) in [5, 5.41) is 10.6. The van der Waals surface area contributed by atoms with Crippen LogP contribution in [0.25, 0.3) is 43.1 Å². The number of benzene rings is 5. The van der Waals surface area contributed by atoms with Crippen molar-refractivity contribution in [1.82, 2.24) is 0 Å². The van der Waals surface area contributed by atoms with Gasteiger partial charge in [0.05, 0.1) is 0 Å². The van der Waals surface area contributed by atoms with Crippen LogP contribution in [0, 0.1) is 6.92 Å². The molecule has 0 spiro atoms. The van der Waals surface area contributed by atoms with E-state index < -0.39 is 0 Å². The van der Waals surface area contributed by atoms with E-state index in [1.165, 1.54) is 48.7 Å². The minimum Gasteiger partial charge on any atom is -0.0616 e.